The molecule has 0 saturated carbocycles. The Bertz CT molecular complexity index is 782. The van der Waals surface area contributed by atoms with E-state index in [2.05, 4.69) is 4.98 Å². The van der Waals surface area contributed by atoms with Crippen LogP contribution < -0.4 is 5.73 Å². The van der Waals surface area contributed by atoms with Crippen LogP contribution in [0.2, 0.25) is 0 Å². The van der Waals surface area contributed by atoms with Crippen molar-refractivity contribution in [2.45, 2.75) is 0 Å². The second kappa shape index (κ2) is 5.05. The number of nitrogen functional groups attached to an aromatic ring is 1. The van der Waals surface area contributed by atoms with Gasteiger partial charge in [0.05, 0.1) is 0 Å². The van der Waals surface area contributed by atoms with Crippen molar-refractivity contribution < 1.29 is 4.79 Å². The summed E-state index contributed by atoms with van der Waals surface area (Å²) >= 11 is 0. The minimum atomic E-state index is -0.0321. The topological polar surface area (TPSA) is 58.9 Å². The van der Waals surface area contributed by atoms with Gasteiger partial charge in [-0.05, 0) is 48.0 Å². The minimum Gasteiger partial charge on any atom is -0.399 e. The number of nitrogens with two attached hydrogens (primary N) is 1. The highest BCUT2D eigenvalue weighted by Gasteiger charge is 2.03. The zero-order chi connectivity index (χ0) is 13.9. The molecule has 3 aromatic rings. The van der Waals surface area contributed by atoms with E-state index >= 15 is 0 Å². The predicted molar refractivity (Wildman–Crippen MR) is 82.5 cm³/mol. The Labute approximate surface area is 116 Å². The number of hydrogen-bond donors (Lipinski definition) is 2. The lowest BCUT2D eigenvalue weighted by molar-refractivity contribution is 0.104. The number of rotatable bonds is 3. The first-order chi connectivity index (χ1) is 9.74. The SMILES string of the molecule is Nc1ccc(C(=O)/C=C/c2c[nH]c3ccccc23)cc1. The fourth-order valence-electron chi connectivity index (χ4n) is 2.14. The Morgan fingerprint density at radius 2 is 1.80 bits per heavy atom. The van der Waals surface area contributed by atoms with Gasteiger partial charge in [0, 0.05) is 28.4 Å². The third-order valence-corrected chi connectivity index (χ3v) is 3.23. The van der Waals surface area contributed by atoms with Crippen LogP contribution in [0.5, 0.6) is 0 Å². The second-order valence-corrected chi connectivity index (χ2v) is 4.61. The molecule has 0 fully saturated rings. The zero-order valence-electron chi connectivity index (χ0n) is 10.8. The van der Waals surface area contributed by atoms with Crippen molar-refractivity contribution >= 4 is 28.4 Å². The molecule has 20 heavy (non-hydrogen) atoms. The van der Waals surface area contributed by atoms with E-state index in [4.69, 9.17) is 5.73 Å². The maximum absolute atomic E-state index is 12.0. The molecule has 2 aromatic carbocycles. The minimum absolute atomic E-state index is 0.0321. The quantitative estimate of drug-likeness (QED) is 0.430. The number of aromatic amines is 1. The van der Waals surface area contributed by atoms with Gasteiger partial charge in [-0.15, -0.1) is 0 Å². The standard InChI is InChI=1S/C17H14N2O/c18-14-8-5-12(6-9-14)17(20)10-7-13-11-19-16-4-2-1-3-15(13)16/h1-11,19H,18H2/b10-7+. The number of fused-ring (bicyclic) bond motifs is 1. The molecule has 98 valence electrons. The number of H-pyrrole nitrogens is 1. The molecular weight excluding hydrogens is 248 g/mol. The van der Waals surface area contributed by atoms with E-state index in [1.54, 1.807) is 30.3 Å². The van der Waals surface area contributed by atoms with Gasteiger partial charge in [-0.1, -0.05) is 18.2 Å². The van der Waals surface area contributed by atoms with Crippen molar-refractivity contribution in [3.05, 3.63) is 71.9 Å². The third-order valence-electron chi connectivity index (χ3n) is 3.23. The lowest BCUT2D eigenvalue weighted by Gasteiger charge is -1.96. The molecule has 1 heterocycles. The molecule has 1 aromatic heterocycles. The van der Waals surface area contributed by atoms with Gasteiger partial charge in [-0.3, -0.25) is 4.79 Å². The molecule has 0 aliphatic carbocycles. The van der Waals surface area contributed by atoms with E-state index in [1.807, 2.05) is 36.5 Å². The lowest BCUT2D eigenvalue weighted by atomic mass is 10.1. The Morgan fingerprint density at radius 3 is 2.60 bits per heavy atom. The van der Waals surface area contributed by atoms with Crippen LogP contribution in [-0.2, 0) is 0 Å². The van der Waals surface area contributed by atoms with E-state index in [1.165, 1.54) is 0 Å². The van der Waals surface area contributed by atoms with Crippen LogP contribution in [0.3, 0.4) is 0 Å². The second-order valence-electron chi connectivity index (χ2n) is 4.61. The highest BCUT2D eigenvalue weighted by atomic mass is 16.1. The van der Waals surface area contributed by atoms with E-state index in [9.17, 15) is 4.79 Å². The summed E-state index contributed by atoms with van der Waals surface area (Å²) in [4.78, 5) is 15.2. The number of anilines is 1. The van der Waals surface area contributed by atoms with Gasteiger partial charge < -0.3 is 10.7 Å². The first-order valence-corrected chi connectivity index (χ1v) is 6.38. The zero-order valence-corrected chi connectivity index (χ0v) is 10.8. The molecule has 0 aliphatic heterocycles. The third kappa shape index (κ3) is 2.34. The van der Waals surface area contributed by atoms with Crippen LogP contribution >= 0.6 is 0 Å². The number of carbonyl (C=O) groups is 1. The normalized spacial score (nSPS) is 11.2. The van der Waals surface area contributed by atoms with Gasteiger partial charge in [0.1, 0.15) is 0 Å². The Kier molecular flexibility index (Phi) is 3.09. The maximum atomic E-state index is 12.0. The fourth-order valence-corrected chi connectivity index (χ4v) is 2.14. The van der Waals surface area contributed by atoms with E-state index in [0.717, 1.165) is 16.5 Å². The summed E-state index contributed by atoms with van der Waals surface area (Å²) in [5.41, 5.74) is 8.96. The molecule has 3 heteroatoms. The molecule has 0 bridgehead atoms. The van der Waals surface area contributed by atoms with Crippen molar-refractivity contribution in [1.29, 1.82) is 0 Å². The maximum Gasteiger partial charge on any atom is 0.185 e. The molecule has 3 rings (SSSR count). The highest BCUT2D eigenvalue weighted by Crippen LogP contribution is 2.19. The number of hydrogen-bond acceptors (Lipinski definition) is 2. The smallest absolute Gasteiger partial charge is 0.185 e. The van der Waals surface area contributed by atoms with E-state index in [0.29, 0.717) is 11.3 Å². The van der Waals surface area contributed by atoms with Crippen LogP contribution in [0.1, 0.15) is 15.9 Å². The number of allylic oxidation sites excluding steroid dienone is 1. The summed E-state index contributed by atoms with van der Waals surface area (Å²) < 4.78 is 0. The molecule has 0 atom stereocenters. The number of nitrogens with one attached hydrogen (secondary N) is 1. The molecule has 0 amide bonds. The molecule has 0 saturated heterocycles. The summed E-state index contributed by atoms with van der Waals surface area (Å²) in [5.74, 6) is -0.0321. The van der Waals surface area contributed by atoms with Gasteiger partial charge in [0.2, 0.25) is 0 Å². The average Bonchev–Trinajstić information content (AvgIpc) is 2.89. The van der Waals surface area contributed by atoms with Crippen LogP contribution in [0.4, 0.5) is 5.69 Å². The monoisotopic (exact) mass is 262 g/mol. The van der Waals surface area contributed by atoms with Gasteiger partial charge in [-0.25, -0.2) is 0 Å². The van der Waals surface area contributed by atoms with Gasteiger partial charge >= 0.3 is 0 Å². The summed E-state index contributed by atoms with van der Waals surface area (Å²) in [7, 11) is 0. The molecule has 0 aliphatic rings. The van der Waals surface area contributed by atoms with Gasteiger partial charge in [-0.2, -0.15) is 0 Å². The Hall–Kier alpha value is -2.81. The molecule has 0 unspecified atom stereocenters. The predicted octanol–water partition coefficient (Wildman–Crippen LogP) is 3.65. The largest absolute Gasteiger partial charge is 0.399 e. The highest BCUT2D eigenvalue weighted by molar-refractivity contribution is 6.07. The van der Waals surface area contributed by atoms with Crippen molar-refractivity contribution in [1.82, 2.24) is 4.98 Å². The Morgan fingerprint density at radius 1 is 1.05 bits per heavy atom. The Balaban J connectivity index is 1.87. The summed E-state index contributed by atoms with van der Waals surface area (Å²) in [6, 6.07) is 14.9. The van der Waals surface area contributed by atoms with Crippen LogP contribution in [0, 0.1) is 0 Å². The van der Waals surface area contributed by atoms with Crippen molar-refractivity contribution in [2.24, 2.45) is 0 Å². The number of carbonyl (C=O) groups excluding carboxylic acids is 1. The summed E-state index contributed by atoms with van der Waals surface area (Å²) in [6.07, 6.45) is 5.32. The first kappa shape index (κ1) is 12.2. The lowest BCUT2D eigenvalue weighted by Crippen LogP contribution is -1.94. The first-order valence-electron chi connectivity index (χ1n) is 6.38. The van der Waals surface area contributed by atoms with Crippen LogP contribution in [-0.4, -0.2) is 10.8 Å². The van der Waals surface area contributed by atoms with Crippen LogP contribution in [0.25, 0.3) is 17.0 Å². The molecular formula is C17H14N2O. The molecule has 3 nitrogen and oxygen atoms in total. The van der Waals surface area contributed by atoms with Gasteiger partial charge in [0.25, 0.3) is 0 Å². The van der Waals surface area contributed by atoms with Crippen LogP contribution in [0.15, 0.2) is 60.8 Å². The molecule has 0 radical (unpaired) electrons. The number of benzene rings is 2. The number of para-hydroxylation sites is 1. The van der Waals surface area contributed by atoms with E-state index < -0.39 is 0 Å². The summed E-state index contributed by atoms with van der Waals surface area (Å²) in [5, 5.41) is 1.11. The van der Waals surface area contributed by atoms with E-state index in [-0.39, 0.29) is 5.78 Å². The fraction of sp³-hybridized carbons (Fsp3) is 0. The van der Waals surface area contributed by atoms with Crippen molar-refractivity contribution in [3.63, 3.8) is 0 Å². The van der Waals surface area contributed by atoms with Gasteiger partial charge in [0.15, 0.2) is 5.78 Å². The number of aromatic nitrogens is 1. The molecule has 3 N–H and O–H groups in total. The number of ketones is 1. The average molecular weight is 262 g/mol. The van der Waals surface area contributed by atoms with Crippen molar-refractivity contribution in [2.75, 3.05) is 5.73 Å². The molecule has 0 spiro atoms. The summed E-state index contributed by atoms with van der Waals surface area (Å²) in [6.45, 7) is 0. The van der Waals surface area contributed by atoms with Crippen molar-refractivity contribution in [3.8, 4) is 0 Å².